The maximum atomic E-state index is 2.39. The number of anilines is 3. The monoisotopic (exact) mass is 731 g/mol. The highest BCUT2D eigenvalue weighted by Gasteiger charge is 2.17. The lowest BCUT2D eigenvalue weighted by Gasteiger charge is -2.26. The van der Waals surface area contributed by atoms with Crippen LogP contribution in [0.1, 0.15) is 28.7 Å². The van der Waals surface area contributed by atoms with Crippen LogP contribution in [-0.4, -0.2) is 0 Å². The van der Waals surface area contributed by atoms with Crippen LogP contribution in [0.15, 0.2) is 182 Å². The molecule has 264 valence electrons. The summed E-state index contributed by atoms with van der Waals surface area (Å²) in [4.78, 5) is 2.39. The van der Waals surface area contributed by atoms with Crippen molar-refractivity contribution < 1.29 is 0 Å². The zero-order valence-corrected chi connectivity index (χ0v) is 31.6. The second-order valence-electron chi connectivity index (χ2n) is 14.8. The SMILES string of the molecule is C1=Cc2ccc3ccc4cccc(C=Cc5ccc(N(c6cccc(-c7ccccc7)c6)c6ccc7c(ccc8c9ccccc9sc78)c6)cc5)c4c3c2CC1. The van der Waals surface area contributed by atoms with E-state index in [2.05, 4.69) is 205 Å². The molecule has 1 heterocycles. The molecule has 0 unspecified atom stereocenters. The Balaban J connectivity index is 1.00. The van der Waals surface area contributed by atoms with Gasteiger partial charge < -0.3 is 4.90 Å². The maximum Gasteiger partial charge on any atom is 0.0468 e. The van der Waals surface area contributed by atoms with E-state index < -0.39 is 0 Å². The third kappa shape index (κ3) is 5.61. The molecular formula is C54H37NS. The Morgan fingerprint density at radius 3 is 2.12 bits per heavy atom. The zero-order valence-electron chi connectivity index (χ0n) is 30.8. The molecule has 0 N–H and O–H groups in total. The quantitative estimate of drug-likeness (QED) is 0.122. The van der Waals surface area contributed by atoms with Crippen LogP contribution < -0.4 is 4.90 Å². The van der Waals surface area contributed by atoms with Gasteiger partial charge in [-0.1, -0.05) is 158 Å². The van der Waals surface area contributed by atoms with Gasteiger partial charge in [-0.05, 0) is 121 Å². The maximum absolute atomic E-state index is 2.39. The van der Waals surface area contributed by atoms with Crippen molar-refractivity contribution >= 4 is 99.1 Å². The molecule has 11 rings (SSSR count). The van der Waals surface area contributed by atoms with Crippen LogP contribution in [0.5, 0.6) is 0 Å². The third-order valence-corrected chi connectivity index (χ3v) is 12.7. The summed E-state index contributed by atoms with van der Waals surface area (Å²) < 4.78 is 2.68. The van der Waals surface area contributed by atoms with Crippen LogP contribution in [0.3, 0.4) is 0 Å². The van der Waals surface area contributed by atoms with Crippen molar-refractivity contribution in [2.75, 3.05) is 4.90 Å². The van der Waals surface area contributed by atoms with E-state index in [1.165, 1.54) is 85.9 Å². The minimum absolute atomic E-state index is 1.08. The molecule has 0 spiro atoms. The standard InChI is InChI=1S/C54H37NS/c1-2-10-37(11-3-1)42-15-9-16-45(34-42)55(46-31-33-48-43(35-46)28-32-50-49-18-6-7-19-51(49)56-54(48)50)44-29-21-36(22-30-44)20-23-39-13-8-14-40-26-27-41-25-24-38-12-4-5-17-47(38)53(41)52(39)40/h1-4,6-16,18-35H,5,17H2. The van der Waals surface area contributed by atoms with Gasteiger partial charge in [0, 0.05) is 37.2 Å². The molecule has 0 fully saturated rings. The van der Waals surface area contributed by atoms with Gasteiger partial charge in [-0.3, -0.25) is 0 Å². The minimum Gasteiger partial charge on any atom is -0.310 e. The third-order valence-electron chi connectivity index (χ3n) is 11.5. The largest absolute Gasteiger partial charge is 0.310 e. The fraction of sp³-hybridized carbons (Fsp3) is 0.0370. The van der Waals surface area contributed by atoms with Gasteiger partial charge in [-0.2, -0.15) is 0 Å². The van der Waals surface area contributed by atoms with Crippen LogP contribution in [-0.2, 0) is 6.42 Å². The summed E-state index contributed by atoms with van der Waals surface area (Å²) in [5, 5.41) is 10.5. The van der Waals surface area contributed by atoms with Crippen molar-refractivity contribution in [3.63, 3.8) is 0 Å². The molecular weight excluding hydrogens is 695 g/mol. The Hall–Kier alpha value is -6.74. The minimum atomic E-state index is 1.08. The first-order valence-corrected chi connectivity index (χ1v) is 20.3. The number of nitrogens with zero attached hydrogens (tertiary/aromatic N) is 1. The number of allylic oxidation sites excluding steroid dienone is 1. The van der Waals surface area contributed by atoms with Crippen LogP contribution in [0.2, 0.25) is 0 Å². The molecule has 0 saturated carbocycles. The Bertz CT molecular complexity index is 3180. The number of aryl methyl sites for hydroxylation is 1. The van der Waals surface area contributed by atoms with Crippen LogP contribution in [0.4, 0.5) is 17.1 Å². The molecule has 0 bridgehead atoms. The summed E-state index contributed by atoms with van der Waals surface area (Å²) in [5.74, 6) is 0. The highest BCUT2D eigenvalue weighted by molar-refractivity contribution is 7.26. The number of fused-ring (bicyclic) bond motifs is 10. The lowest BCUT2D eigenvalue weighted by atomic mass is 9.87. The molecule has 0 aliphatic heterocycles. The predicted molar refractivity (Wildman–Crippen MR) is 245 cm³/mol. The van der Waals surface area contributed by atoms with Gasteiger partial charge >= 0.3 is 0 Å². The van der Waals surface area contributed by atoms with Gasteiger partial charge in [-0.25, -0.2) is 0 Å². The van der Waals surface area contributed by atoms with E-state index in [1.54, 1.807) is 0 Å². The van der Waals surface area contributed by atoms with Gasteiger partial charge in [0.1, 0.15) is 0 Å². The molecule has 10 aromatic rings. The number of thiophene rings is 1. The molecule has 0 amide bonds. The second-order valence-corrected chi connectivity index (χ2v) is 15.9. The van der Waals surface area contributed by atoms with E-state index in [4.69, 9.17) is 0 Å². The number of hydrogen-bond donors (Lipinski definition) is 0. The van der Waals surface area contributed by atoms with E-state index >= 15 is 0 Å². The molecule has 1 aliphatic rings. The number of benzene rings is 9. The van der Waals surface area contributed by atoms with E-state index in [0.717, 1.165) is 29.9 Å². The van der Waals surface area contributed by atoms with Crippen LogP contribution >= 0.6 is 11.3 Å². The normalized spacial score (nSPS) is 12.7. The van der Waals surface area contributed by atoms with Crippen molar-refractivity contribution in [1.29, 1.82) is 0 Å². The first-order valence-electron chi connectivity index (χ1n) is 19.5. The molecule has 1 nitrogen and oxygen atoms in total. The predicted octanol–water partition coefficient (Wildman–Crippen LogP) is 15.8. The molecule has 2 heteroatoms. The molecule has 1 aliphatic carbocycles. The van der Waals surface area contributed by atoms with Crippen LogP contribution in [0.25, 0.3) is 81.8 Å². The Morgan fingerprint density at radius 2 is 1.21 bits per heavy atom. The summed E-state index contributed by atoms with van der Waals surface area (Å²) in [6.45, 7) is 0. The Labute approximate surface area is 330 Å². The van der Waals surface area contributed by atoms with Crippen molar-refractivity contribution in [3.05, 3.63) is 204 Å². The average molecular weight is 732 g/mol. The molecule has 0 atom stereocenters. The molecule has 1 aromatic heterocycles. The van der Waals surface area contributed by atoms with Gasteiger partial charge in [0.2, 0.25) is 0 Å². The van der Waals surface area contributed by atoms with Gasteiger partial charge in [0.25, 0.3) is 0 Å². The van der Waals surface area contributed by atoms with E-state index in [9.17, 15) is 0 Å². The Kier molecular flexibility index (Phi) is 7.89. The summed E-state index contributed by atoms with van der Waals surface area (Å²) in [7, 11) is 0. The number of rotatable bonds is 6. The summed E-state index contributed by atoms with van der Waals surface area (Å²) in [6.07, 6.45) is 11.3. The van der Waals surface area contributed by atoms with Gasteiger partial charge in [-0.15, -0.1) is 11.3 Å². The van der Waals surface area contributed by atoms with Crippen molar-refractivity contribution in [2.45, 2.75) is 12.8 Å². The van der Waals surface area contributed by atoms with Crippen LogP contribution in [0, 0.1) is 0 Å². The first-order chi connectivity index (χ1) is 27.7. The van der Waals surface area contributed by atoms with Crippen molar-refractivity contribution in [1.82, 2.24) is 0 Å². The van der Waals surface area contributed by atoms with Crippen molar-refractivity contribution in [2.24, 2.45) is 0 Å². The van der Waals surface area contributed by atoms with E-state index in [0.29, 0.717) is 0 Å². The fourth-order valence-electron chi connectivity index (χ4n) is 8.78. The Morgan fingerprint density at radius 1 is 0.482 bits per heavy atom. The summed E-state index contributed by atoms with van der Waals surface area (Å²) in [6, 6.07) is 64.7. The lowest BCUT2D eigenvalue weighted by molar-refractivity contribution is 0.998. The lowest BCUT2D eigenvalue weighted by Crippen LogP contribution is -2.10. The van der Waals surface area contributed by atoms with Gasteiger partial charge in [0.15, 0.2) is 0 Å². The first kappa shape index (κ1) is 32.7. The summed E-state index contributed by atoms with van der Waals surface area (Å²) in [5.41, 5.74) is 11.0. The molecule has 0 radical (unpaired) electrons. The number of hydrogen-bond acceptors (Lipinski definition) is 2. The average Bonchev–Trinajstić information content (AvgIpc) is 3.65. The molecule has 56 heavy (non-hydrogen) atoms. The van der Waals surface area contributed by atoms with E-state index in [-0.39, 0.29) is 0 Å². The fourth-order valence-corrected chi connectivity index (χ4v) is 10.0. The zero-order chi connectivity index (χ0) is 37.0. The topological polar surface area (TPSA) is 3.24 Å². The smallest absolute Gasteiger partial charge is 0.0468 e. The molecule has 0 saturated heterocycles. The van der Waals surface area contributed by atoms with E-state index in [1.807, 2.05) is 11.3 Å². The molecule has 9 aromatic carbocycles. The summed E-state index contributed by atoms with van der Waals surface area (Å²) >= 11 is 1.89. The van der Waals surface area contributed by atoms with Gasteiger partial charge in [0.05, 0.1) is 0 Å². The van der Waals surface area contributed by atoms with Crippen molar-refractivity contribution in [3.8, 4) is 11.1 Å². The highest BCUT2D eigenvalue weighted by Crippen LogP contribution is 2.42. The second kappa shape index (κ2) is 13.5. The highest BCUT2D eigenvalue weighted by atomic mass is 32.1.